The van der Waals surface area contributed by atoms with Crippen LogP contribution in [0, 0.1) is 5.82 Å². The van der Waals surface area contributed by atoms with Gasteiger partial charge >= 0.3 is 0 Å². The summed E-state index contributed by atoms with van der Waals surface area (Å²) >= 11 is 0. The van der Waals surface area contributed by atoms with Crippen LogP contribution in [0.2, 0.25) is 0 Å². The quantitative estimate of drug-likeness (QED) is 0.327. The van der Waals surface area contributed by atoms with Gasteiger partial charge in [0.15, 0.2) is 5.65 Å². The summed E-state index contributed by atoms with van der Waals surface area (Å²) in [5.74, 6) is 0.475. The van der Waals surface area contributed by atoms with Crippen molar-refractivity contribution in [1.82, 2.24) is 29.4 Å². The Bertz CT molecular complexity index is 1370. The third-order valence-corrected chi connectivity index (χ3v) is 5.82. The van der Waals surface area contributed by atoms with Gasteiger partial charge in [-0.15, -0.1) is 0 Å². The molecule has 1 fully saturated rings. The van der Waals surface area contributed by atoms with Crippen LogP contribution in [0.4, 0.5) is 10.2 Å². The zero-order valence-electron chi connectivity index (χ0n) is 18.2. The lowest BCUT2D eigenvalue weighted by Gasteiger charge is -2.25. The molecule has 5 heterocycles. The molecule has 1 saturated heterocycles. The molecule has 0 bridgehead atoms. The Morgan fingerprint density at radius 1 is 1.27 bits per heavy atom. The van der Waals surface area contributed by atoms with Crippen molar-refractivity contribution in [2.24, 2.45) is 4.99 Å². The molecule has 9 heteroatoms. The summed E-state index contributed by atoms with van der Waals surface area (Å²) in [4.78, 5) is 15.1. The first-order valence-corrected chi connectivity index (χ1v) is 10.7. The third kappa shape index (κ3) is 3.82. The summed E-state index contributed by atoms with van der Waals surface area (Å²) < 4.78 is 17.9. The average molecular weight is 443 g/mol. The Hall–Kier alpha value is -4.14. The molecule has 1 atom stereocenters. The van der Waals surface area contributed by atoms with Gasteiger partial charge in [-0.25, -0.2) is 18.6 Å². The Kier molecular flexibility index (Phi) is 5.52. The molecule has 4 aromatic rings. The monoisotopic (exact) mass is 442 g/mol. The maximum Gasteiger partial charge on any atom is 0.183 e. The Morgan fingerprint density at radius 3 is 3.00 bits per heavy atom. The molecule has 0 unspecified atom stereocenters. The van der Waals surface area contributed by atoms with Crippen molar-refractivity contribution >= 4 is 23.8 Å². The van der Waals surface area contributed by atoms with Crippen molar-refractivity contribution in [2.45, 2.75) is 25.8 Å². The van der Waals surface area contributed by atoms with Crippen LogP contribution in [0.25, 0.3) is 16.9 Å². The molecule has 0 aliphatic carbocycles. The second-order valence-corrected chi connectivity index (χ2v) is 7.72. The normalized spacial score (nSPS) is 16.8. The minimum Gasteiger partial charge on any atom is -0.348 e. The molecular weight excluding hydrogens is 419 g/mol. The Balaban J connectivity index is 1.51. The SMILES string of the molecule is C=N/C=C\C(=C/C)c1cnn(-c2cnn3ccc(N4CCC[C@@H]4c4ncccc4F)nc23)c1. The smallest absolute Gasteiger partial charge is 0.183 e. The van der Waals surface area contributed by atoms with E-state index in [4.69, 9.17) is 4.98 Å². The van der Waals surface area contributed by atoms with Gasteiger partial charge in [-0.3, -0.25) is 9.98 Å². The van der Waals surface area contributed by atoms with Crippen LogP contribution >= 0.6 is 0 Å². The summed E-state index contributed by atoms with van der Waals surface area (Å²) in [6.07, 6.45) is 16.2. The number of halogens is 1. The highest BCUT2D eigenvalue weighted by Gasteiger charge is 2.30. The molecule has 0 saturated carbocycles. The molecule has 4 aromatic heterocycles. The summed E-state index contributed by atoms with van der Waals surface area (Å²) in [6.45, 7) is 6.22. The summed E-state index contributed by atoms with van der Waals surface area (Å²) in [6, 6.07) is 4.83. The van der Waals surface area contributed by atoms with Crippen molar-refractivity contribution in [3.63, 3.8) is 0 Å². The Morgan fingerprint density at radius 2 is 2.18 bits per heavy atom. The van der Waals surface area contributed by atoms with Crippen LogP contribution in [0.15, 0.2) is 72.5 Å². The number of rotatable bonds is 6. The first-order valence-electron chi connectivity index (χ1n) is 10.7. The average Bonchev–Trinajstić information content (AvgIpc) is 3.59. The second kappa shape index (κ2) is 8.78. The molecule has 0 N–H and O–H groups in total. The maximum atomic E-state index is 14.4. The van der Waals surface area contributed by atoms with Gasteiger partial charge in [0.05, 0.1) is 24.1 Å². The molecule has 5 rings (SSSR count). The van der Waals surface area contributed by atoms with Crippen molar-refractivity contribution in [1.29, 1.82) is 0 Å². The first kappa shape index (κ1) is 20.7. The van der Waals surface area contributed by atoms with E-state index in [9.17, 15) is 4.39 Å². The maximum absolute atomic E-state index is 14.4. The molecule has 166 valence electrons. The van der Waals surface area contributed by atoms with Crippen LogP contribution in [0.1, 0.15) is 37.1 Å². The van der Waals surface area contributed by atoms with E-state index in [0.29, 0.717) is 11.3 Å². The van der Waals surface area contributed by atoms with Gasteiger partial charge in [-0.1, -0.05) is 6.08 Å². The topological polar surface area (TPSA) is 76.5 Å². The molecule has 0 amide bonds. The highest BCUT2D eigenvalue weighted by molar-refractivity contribution is 5.73. The molecule has 0 radical (unpaired) electrons. The van der Waals surface area contributed by atoms with E-state index < -0.39 is 0 Å². The summed E-state index contributed by atoms with van der Waals surface area (Å²) in [5.41, 5.74) is 3.81. The minimum atomic E-state index is -0.287. The minimum absolute atomic E-state index is 0.147. The van der Waals surface area contributed by atoms with Crippen LogP contribution in [0.5, 0.6) is 0 Å². The van der Waals surface area contributed by atoms with Crippen LogP contribution in [-0.4, -0.2) is 42.6 Å². The van der Waals surface area contributed by atoms with Crippen LogP contribution in [-0.2, 0) is 0 Å². The lowest BCUT2D eigenvalue weighted by atomic mass is 10.1. The number of allylic oxidation sites excluding steroid dienone is 3. The predicted molar refractivity (Wildman–Crippen MR) is 126 cm³/mol. The fourth-order valence-corrected chi connectivity index (χ4v) is 4.23. The molecule has 1 aliphatic rings. The standard InChI is InChI=1S/C24H23FN8/c1-3-17(8-11-26-2)18-14-28-33(16-18)21-15-29-32-13-9-22(30-24(21)32)31-12-5-7-20(31)23-19(25)6-4-10-27-23/h3-4,6,8-11,13-16,20H,2,5,7,12H2,1H3/b11-8-,17-3+/t20-/m1/s1. The van der Waals surface area contributed by atoms with E-state index in [1.165, 1.54) is 6.07 Å². The lowest BCUT2D eigenvalue weighted by Crippen LogP contribution is -2.25. The van der Waals surface area contributed by atoms with Crippen LogP contribution < -0.4 is 4.90 Å². The van der Waals surface area contributed by atoms with Gasteiger partial charge in [0, 0.05) is 36.9 Å². The Labute approximate surface area is 190 Å². The summed E-state index contributed by atoms with van der Waals surface area (Å²) in [5, 5.41) is 8.94. The fourth-order valence-electron chi connectivity index (χ4n) is 4.23. The number of aliphatic imine (C=N–C) groups is 1. The highest BCUT2D eigenvalue weighted by atomic mass is 19.1. The van der Waals surface area contributed by atoms with E-state index in [0.717, 1.165) is 42.0 Å². The van der Waals surface area contributed by atoms with Gasteiger partial charge in [-0.05, 0) is 56.3 Å². The number of pyridine rings is 1. The van der Waals surface area contributed by atoms with Gasteiger partial charge < -0.3 is 4.90 Å². The van der Waals surface area contributed by atoms with E-state index in [1.54, 1.807) is 40.1 Å². The number of anilines is 1. The van der Waals surface area contributed by atoms with E-state index in [-0.39, 0.29) is 11.9 Å². The van der Waals surface area contributed by atoms with Crippen molar-refractivity contribution in [2.75, 3.05) is 11.4 Å². The number of hydrogen-bond acceptors (Lipinski definition) is 6. The molecule has 0 spiro atoms. The van der Waals surface area contributed by atoms with Crippen molar-refractivity contribution in [3.05, 3.63) is 84.6 Å². The van der Waals surface area contributed by atoms with Gasteiger partial charge in [0.25, 0.3) is 0 Å². The zero-order valence-corrected chi connectivity index (χ0v) is 18.2. The number of aromatic nitrogens is 6. The molecule has 8 nitrogen and oxygen atoms in total. The van der Waals surface area contributed by atoms with Crippen molar-refractivity contribution in [3.8, 4) is 5.69 Å². The predicted octanol–water partition coefficient (Wildman–Crippen LogP) is 4.41. The summed E-state index contributed by atoms with van der Waals surface area (Å²) in [7, 11) is 0. The van der Waals surface area contributed by atoms with Gasteiger partial charge in [0.2, 0.25) is 0 Å². The number of fused-ring (bicyclic) bond motifs is 1. The van der Waals surface area contributed by atoms with Crippen LogP contribution in [0.3, 0.4) is 0 Å². The molecule has 1 aliphatic heterocycles. The van der Waals surface area contributed by atoms with E-state index in [2.05, 4.69) is 31.8 Å². The third-order valence-electron chi connectivity index (χ3n) is 5.82. The molecule has 33 heavy (non-hydrogen) atoms. The fraction of sp³-hybridized carbons (Fsp3) is 0.208. The second-order valence-electron chi connectivity index (χ2n) is 7.72. The molecular formula is C24H23FN8. The highest BCUT2D eigenvalue weighted by Crippen LogP contribution is 2.35. The first-order chi connectivity index (χ1) is 16.2. The lowest BCUT2D eigenvalue weighted by molar-refractivity contribution is 0.562. The van der Waals surface area contributed by atoms with Crippen molar-refractivity contribution < 1.29 is 4.39 Å². The zero-order chi connectivity index (χ0) is 22.8. The molecule has 0 aromatic carbocycles. The number of nitrogens with zero attached hydrogens (tertiary/aromatic N) is 8. The number of hydrogen-bond donors (Lipinski definition) is 0. The van der Waals surface area contributed by atoms with E-state index >= 15 is 0 Å². The van der Waals surface area contributed by atoms with Gasteiger partial charge in [-0.2, -0.15) is 10.2 Å². The largest absolute Gasteiger partial charge is 0.348 e. The van der Waals surface area contributed by atoms with E-state index in [1.807, 2.05) is 37.5 Å². The van der Waals surface area contributed by atoms with Gasteiger partial charge in [0.1, 0.15) is 17.3 Å².